The van der Waals surface area contributed by atoms with Crippen LogP contribution >= 0.6 is 15.9 Å². The van der Waals surface area contributed by atoms with E-state index in [1.54, 1.807) is 6.20 Å². The van der Waals surface area contributed by atoms with Crippen molar-refractivity contribution in [1.29, 1.82) is 0 Å². The van der Waals surface area contributed by atoms with E-state index in [4.69, 9.17) is 10.5 Å². The summed E-state index contributed by atoms with van der Waals surface area (Å²) < 4.78 is 6.03. The maximum absolute atomic E-state index is 12.0. The van der Waals surface area contributed by atoms with Crippen molar-refractivity contribution in [2.45, 2.75) is 51.7 Å². The number of carbonyl (C=O) groups is 1. The third-order valence-corrected chi connectivity index (χ3v) is 4.32. The second-order valence-corrected chi connectivity index (χ2v) is 7.93. The smallest absolute Gasteiger partial charge is 0.408 e. The van der Waals surface area contributed by atoms with Gasteiger partial charge in [0.2, 0.25) is 5.95 Å². The molecule has 23 heavy (non-hydrogen) atoms. The number of ether oxygens (including phenoxy) is 1. The number of piperidine rings is 1. The van der Waals surface area contributed by atoms with Crippen molar-refractivity contribution in [1.82, 2.24) is 15.3 Å². The lowest BCUT2D eigenvalue weighted by Gasteiger charge is -2.40. The minimum absolute atomic E-state index is 0.292. The average molecular weight is 386 g/mol. The van der Waals surface area contributed by atoms with Gasteiger partial charge in [-0.2, -0.15) is 4.98 Å². The van der Waals surface area contributed by atoms with E-state index in [0.717, 1.165) is 25.9 Å². The molecular weight excluding hydrogens is 362 g/mol. The van der Waals surface area contributed by atoms with E-state index >= 15 is 0 Å². The Bertz CT molecular complexity index is 580. The lowest BCUT2D eigenvalue weighted by molar-refractivity contribution is 0.0448. The predicted octanol–water partition coefficient (Wildman–Crippen LogP) is 2.70. The average Bonchev–Trinajstić information content (AvgIpc) is 2.40. The quantitative estimate of drug-likeness (QED) is 0.812. The van der Waals surface area contributed by atoms with Crippen molar-refractivity contribution >= 4 is 33.8 Å². The number of carbonyl (C=O) groups excluding carboxylic acids is 1. The summed E-state index contributed by atoms with van der Waals surface area (Å²) in [6, 6.07) is 0. The van der Waals surface area contributed by atoms with Crippen LogP contribution in [0.2, 0.25) is 0 Å². The van der Waals surface area contributed by atoms with E-state index in [2.05, 4.69) is 36.1 Å². The molecule has 1 saturated heterocycles. The highest BCUT2D eigenvalue weighted by Gasteiger charge is 2.33. The molecule has 2 heterocycles. The maximum atomic E-state index is 12.0. The van der Waals surface area contributed by atoms with Crippen molar-refractivity contribution in [2.75, 3.05) is 23.7 Å². The standard InChI is InChI=1S/C15H24BrN5O2/c1-14(2,3)23-13(22)20-15(4)5-7-21(8-6-15)12-18-9-10(16)11(17)19-12/h9H,5-8H2,1-4H3,(H,20,22)(H2,17,18,19). The molecule has 3 N–H and O–H groups in total. The van der Waals surface area contributed by atoms with Gasteiger partial charge in [0, 0.05) is 24.8 Å². The topological polar surface area (TPSA) is 93.4 Å². The summed E-state index contributed by atoms with van der Waals surface area (Å²) in [6.07, 6.45) is 2.85. The van der Waals surface area contributed by atoms with Gasteiger partial charge in [0.15, 0.2) is 0 Å². The van der Waals surface area contributed by atoms with Crippen molar-refractivity contribution in [3.8, 4) is 0 Å². The molecule has 0 radical (unpaired) electrons. The van der Waals surface area contributed by atoms with E-state index in [9.17, 15) is 4.79 Å². The summed E-state index contributed by atoms with van der Waals surface area (Å²) in [5.41, 5.74) is 5.02. The molecule has 8 heteroatoms. The first-order valence-electron chi connectivity index (χ1n) is 7.62. The highest BCUT2D eigenvalue weighted by Crippen LogP contribution is 2.26. The van der Waals surface area contributed by atoms with Gasteiger partial charge < -0.3 is 20.7 Å². The fraction of sp³-hybridized carbons (Fsp3) is 0.667. The fourth-order valence-electron chi connectivity index (χ4n) is 2.40. The Morgan fingerprint density at radius 1 is 1.43 bits per heavy atom. The molecule has 1 aromatic heterocycles. The molecule has 2 rings (SSSR count). The van der Waals surface area contributed by atoms with Crippen LogP contribution in [0.25, 0.3) is 0 Å². The van der Waals surface area contributed by atoms with Crippen LogP contribution in [0.4, 0.5) is 16.6 Å². The van der Waals surface area contributed by atoms with Crippen LogP contribution in [0.3, 0.4) is 0 Å². The normalized spacial score (nSPS) is 17.7. The van der Waals surface area contributed by atoms with Crippen LogP contribution in [-0.2, 0) is 4.74 Å². The van der Waals surface area contributed by atoms with Crippen LogP contribution in [0.1, 0.15) is 40.5 Å². The molecule has 1 amide bonds. The highest BCUT2D eigenvalue weighted by molar-refractivity contribution is 9.10. The monoisotopic (exact) mass is 385 g/mol. The summed E-state index contributed by atoms with van der Waals surface area (Å²) in [6.45, 7) is 9.08. The number of hydrogen-bond donors (Lipinski definition) is 2. The lowest BCUT2D eigenvalue weighted by Crippen LogP contribution is -2.54. The van der Waals surface area contributed by atoms with E-state index in [0.29, 0.717) is 16.2 Å². The number of amides is 1. The number of aromatic nitrogens is 2. The molecule has 0 saturated carbocycles. The highest BCUT2D eigenvalue weighted by atomic mass is 79.9. The number of nitrogens with zero attached hydrogens (tertiary/aromatic N) is 3. The van der Waals surface area contributed by atoms with E-state index in [1.807, 2.05) is 27.7 Å². The van der Waals surface area contributed by atoms with Crippen LogP contribution in [0, 0.1) is 0 Å². The Kier molecular flexibility index (Phi) is 5.03. The second-order valence-electron chi connectivity index (χ2n) is 7.08. The summed E-state index contributed by atoms with van der Waals surface area (Å²) in [5.74, 6) is 1.04. The third-order valence-electron chi connectivity index (χ3n) is 3.71. The van der Waals surface area contributed by atoms with Gasteiger partial charge in [0.1, 0.15) is 11.4 Å². The van der Waals surface area contributed by atoms with Gasteiger partial charge >= 0.3 is 6.09 Å². The minimum atomic E-state index is -0.496. The molecular formula is C15H24BrN5O2. The van der Waals surface area contributed by atoms with E-state index in [1.165, 1.54) is 0 Å². The molecule has 1 aliphatic rings. The first-order chi connectivity index (χ1) is 10.6. The summed E-state index contributed by atoms with van der Waals surface area (Å²) in [5, 5.41) is 2.98. The largest absolute Gasteiger partial charge is 0.444 e. The number of hydrogen-bond acceptors (Lipinski definition) is 6. The molecule has 7 nitrogen and oxygen atoms in total. The number of nitrogens with one attached hydrogen (secondary N) is 1. The molecule has 0 aliphatic carbocycles. The van der Waals surface area contributed by atoms with Gasteiger partial charge in [-0.15, -0.1) is 0 Å². The predicted molar refractivity (Wildman–Crippen MR) is 93.4 cm³/mol. The Hall–Kier alpha value is -1.57. The zero-order valence-corrected chi connectivity index (χ0v) is 15.6. The van der Waals surface area contributed by atoms with Gasteiger partial charge in [0.25, 0.3) is 0 Å². The van der Waals surface area contributed by atoms with Crippen LogP contribution < -0.4 is 16.0 Å². The van der Waals surface area contributed by atoms with Crippen LogP contribution in [0.15, 0.2) is 10.7 Å². The van der Waals surface area contributed by atoms with Gasteiger partial charge in [0.05, 0.1) is 4.47 Å². The molecule has 1 fully saturated rings. The molecule has 0 bridgehead atoms. The Morgan fingerprint density at radius 2 is 2.04 bits per heavy atom. The van der Waals surface area contributed by atoms with Crippen LogP contribution in [0.5, 0.6) is 0 Å². The van der Waals surface area contributed by atoms with Crippen LogP contribution in [-0.4, -0.2) is 40.3 Å². The van der Waals surface area contributed by atoms with Crippen molar-refractivity contribution in [3.63, 3.8) is 0 Å². The second kappa shape index (κ2) is 6.51. The molecule has 1 aromatic rings. The lowest BCUT2D eigenvalue weighted by atomic mass is 9.90. The third kappa shape index (κ3) is 4.95. The molecule has 128 valence electrons. The first kappa shape index (κ1) is 17.8. The van der Waals surface area contributed by atoms with Gasteiger partial charge in [-0.05, 0) is 56.5 Å². The number of halogens is 1. The van der Waals surface area contributed by atoms with Crippen molar-refractivity contribution < 1.29 is 9.53 Å². The number of rotatable bonds is 2. The maximum Gasteiger partial charge on any atom is 0.408 e. The SMILES string of the molecule is CC1(NC(=O)OC(C)(C)C)CCN(c2ncc(Br)c(N)n2)CC1. The zero-order valence-electron chi connectivity index (χ0n) is 14.0. The summed E-state index contributed by atoms with van der Waals surface area (Å²) in [7, 11) is 0. The van der Waals surface area contributed by atoms with E-state index in [-0.39, 0.29) is 11.6 Å². The minimum Gasteiger partial charge on any atom is -0.444 e. The Labute approximate surface area is 145 Å². The first-order valence-corrected chi connectivity index (χ1v) is 8.41. The van der Waals surface area contributed by atoms with Crippen molar-refractivity contribution in [2.24, 2.45) is 0 Å². The fourth-order valence-corrected chi connectivity index (χ4v) is 2.59. The number of anilines is 2. The molecule has 0 unspecified atom stereocenters. The van der Waals surface area contributed by atoms with Gasteiger partial charge in [-0.1, -0.05) is 0 Å². The summed E-state index contributed by atoms with van der Waals surface area (Å²) >= 11 is 3.29. The number of alkyl carbamates (subject to hydrolysis) is 1. The van der Waals surface area contributed by atoms with Gasteiger partial charge in [-0.25, -0.2) is 9.78 Å². The Morgan fingerprint density at radius 3 is 2.57 bits per heavy atom. The Balaban J connectivity index is 1.94. The number of nitrogens with two attached hydrogens (primary N) is 1. The van der Waals surface area contributed by atoms with Gasteiger partial charge in [-0.3, -0.25) is 0 Å². The molecule has 0 atom stereocenters. The summed E-state index contributed by atoms with van der Waals surface area (Å²) in [4.78, 5) is 22.6. The molecule has 0 spiro atoms. The molecule has 1 aliphatic heterocycles. The van der Waals surface area contributed by atoms with E-state index < -0.39 is 5.60 Å². The number of nitrogen functional groups attached to an aromatic ring is 1. The van der Waals surface area contributed by atoms with Crippen molar-refractivity contribution in [3.05, 3.63) is 10.7 Å². The molecule has 0 aromatic carbocycles. The zero-order chi connectivity index (χ0) is 17.3.